The van der Waals surface area contributed by atoms with E-state index >= 15 is 0 Å². The van der Waals surface area contributed by atoms with Crippen molar-refractivity contribution in [2.45, 2.75) is 18.6 Å². The quantitative estimate of drug-likeness (QED) is 0.888. The van der Waals surface area contributed by atoms with Gasteiger partial charge < -0.3 is 15.1 Å². The average molecular weight is 302 g/mol. The molecule has 6 heteroatoms. The summed E-state index contributed by atoms with van der Waals surface area (Å²) < 4.78 is 13.4. The first kappa shape index (κ1) is 14.5. The lowest BCUT2D eigenvalue weighted by molar-refractivity contribution is 0.0714. The maximum Gasteiger partial charge on any atom is 0.256 e. The van der Waals surface area contributed by atoms with Crippen molar-refractivity contribution in [2.75, 3.05) is 6.54 Å². The number of aliphatic hydroxyl groups excluding tert-OH is 1. The van der Waals surface area contributed by atoms with E-state index in [1.165, 1.54) is 35.5 Å². The predicted octanol–water partition coefficient (Wildman–Crippen LogP) is 1.87. The van der Waals surface area contributed by atoms with E-state index in [1.807, 2.05) is 0 Å². The summed E-state index contributed by atoms with van der Waals surface area (Å²) in [7, 11) is 0. The van der Waals surface area contributed by atoms with Crippen LogP contribution in [0.4, 0.5) is 4.39 Å². The molecule has 1 aromatic carbocycles. The number of nitrogens with zero attached hydrogens (tertiary/aromatic N) is 2. The van der Waals surface area contributed by atoms with Crippen molar-refractivity contribution in [3.8, 4) is 5.75 Å². The van der Waals surface area contributed by atoms with Crippen molar-refractivity contribution in [3.63, 3.8) is 0 Å². The molecule has 2 aromatic rings. The maximum atomic E-state index is 13.4. The number of hydrogen-bond donors (Lipinski definition) is 2. The molecule has 0 aliphatic carbocycles. The minimum absolute atomic E-state index is 0.104. The van der Waals surface area contributed by atoms with Crippen LogP contribution in [0.1, 0.15) is 28.4 Å². The number of halogens is 1. The van der Waals surface area contributed by atoms with Gasteiger partial charge in [-0.25, -0.2) is 4.39 Å². The fourth-order valence-corrected chi connectivity index (χ4v) is 2.78. The van der Waals surface area contributed by atoms with Crippen molar-refractivity contribution < 1.29 is 19.4 Å². The van der Waals surface area contributed by atoms with E-state index in [0.717, 1.165) is 0 Å². The monoisotopic (exact) mass is 302 g/mol. The third-order valence-electron chi connectivity index (χ3n) is 3.74. The van der Waals surface area contributed by atoms with Gasteiger partial charge in [0.1, 0.15) is 11.6 Å². The Hall–Kier alpha value is -2.47. The minimum Gasteiger partial charge on any atom is -0.506 e. The Bertz CT molecular complexity index is 707. The number of aliphatic hydroxyl groups is 1. The molecule has 1 aliphatic rings. The highest BCUT2D eigenvalue weighted by Crippen LogP contribution is 2.33. The summed E-state index contributed by atoms with van der Waals surface area (Å²) in [5.74, 6) is -0.840. The predicted molar refractivity (Wildman–Crippen MR) is 76.7 cm³/mol. The Labute approximate surface area is 126 Å². The molecule has 1 aliphatic heterocycles. The summed E-state index contributed by atoms with van der Waals surface area (Å²) in [6, 6.07) is 6.92. The SMILES string of the molecule is O=C(c1cncc(O)c1)N1C[C@H](O)C[C@H]1c1cccc(F)c1. The van der Waals surface area contributed by atoms with Gasteiger partial charge in [-0.15, -0.1) is 0 Å². The first-order valence-corrected chi connectivity index (χ1v) is 6.93. The van der Waals surface area contributed by atoms with Gasteiger partial charge in [0, 0.05) is 12.7 Å². The number of benzene rings is 1. The number of aromatic nitrogens is 1. The van der Waals surface area contributed by atoms with E-state index in [4.69, 9.17) is 0 Å². The fraction of sp³-hybridized carbons (Fsp3) is 0.250. The molecule has 1 saturated heterocycles. The van der Waals surface area contributed by atoms with Crippen LogP contribution in [-0.4, -0.2) is 38.7 Å². The number of pyridine rings is 1. The van der Waals surface area contributed by atoms with Crippen LogP contribution in [0.25, 0.3) is 0 Å². The molecule has 0 bridgehead atoms. The molecule has 2 heterocycles. The van der Waals surface area contributed by atoms with Crippen LogP contribution in [0.15, 0.2) is 42.7 Å². The maximum absolute atomic E-state index is 13.4. The molecule has 2 atom stereocenters. The average Bonchev–Trinajstić information content (AvgIpc) is 2.88. The number of hydrogen-bond acceptors (Lipinski definition) is 4. The van der Waals surface area contributed by atoms with Crippen LogP contribution in [0.2, 0.25) is 0 Å². The molecule has 114 valence electrons. The second kappa shape index (κ2) is 5.73. The van der Waals surface area contributed by atoms with Crippen LogP contribution in [-0.2, 0) is 0 Å². The lowest BCUT2D eigenvalue weighted by atomic mass is 10.0. The van der Waals surface area contributed by atoms with Crippen LogP contribution in [0, 0.1) is 5.82 Å². The van der Waals surface area contributed by atoms with Gasteiger partial charge in [-0.2, -0.15) is 0 Å². The summed E-state index contributed by atoms with van der Waals surface area (Å²) >= 11 is 0. The van der Waals surface area contributed by atoms with Gasteiger partial charge in [-0.3, -0.25) is 9.78 Å². The summed E-state index contributed by atoms with van der Waals surface area (Å²) in [4.78, 5) is 17.9. The summed E-state index contributed by atoms with van der Waals surface area (Å²) in [5, 5.41) is 19.3. The van der Waals surface area contributed by atoms with Crippen molar-refractivity contribution in [1.82, 2.24) is 9.88 Å². The number of aromatic hydroxyl groups is 1. The highest BCUT2D eigenvalue weighted by molar-refractivity contribution is 5.94. The summed E-state index contributed by atoms with van der Waals surface area (Å²) in [6.45, 7) is 0.162. The first-order chi connectivity index (χ1) is 10.5. The number of carbonyl (C=O) groups is 1. The molecule has 0 spiro atoms. The zero-order valence-corrected chi connectivity index (χ0v) is 11.7. The Kier molecular flexibility index (Phi) is 3.77. The van der Waals surface area contributed by atoms with E-state index in [0.29, 0.717) is 12.0 Å². The van der Waals surface area contributed by atoms with Gasteiger partial charge in [-0.1, -0.05) is 12.1 Å². The molecule has 0 unspecified atom stereocenters. The topological polar surface area (TPSA) is 73.7 Å². The van der Waals surface area contributed by atoms with Gasteiger partial charge in [0.05, 0.1) is 23.9 Å². The third kappa shape index (κ3) is 2.78. The van der Waals surface area contributed by atoms with E-state index in [-0.39, 0.29) is 29.6 Å². The van der Waals surface area contributed by atoms with E-state index in [1.54, 1.807) is 12.1 Å². The van der Waals surface area contributed by atoms with E-state index in [2.05, 4.69) is 4.98 Å². The molecule has 3 rings (SSSR count). The number of β-amino-alcohol motifs (C(OH)–C–C–N with tert-alkyl or cyclic N) is 1. The number of amides is 1. The van der Waals surface area contributed by atoms with Gasteiger partial charge in [0.15, 0.2) is 0 Å². The fourth-order valence-electron chi connectivity index (χ4n) is 2.78. The number of rotatable bonds is 2. The second-order valence-corrected chi connectivity index (χ2v) is 5.35. The van der Waals surface area contributed by atoms with Crippen LogP contribution in [0.3, 0.4) is 0 Å². The van der Waals surface area contributed by atoms with Crippen LogP contribution < -0.4 is 0 Å². The Morgan fingerprint density at radius 2 is 2.14 bits per heavy atom. The smallest absolute Gasteiger partial charge is 0.256 e. The molecule has 5 nitrogen and oxygen atoms in total. The zero-order chi connectivity index (χ0) is 15.7. The lowest BCUT2D eigenvalue weighted by Gasteiger charge is -2.24. The van der Waals surface area contributed by atoms with Crippen molar-refractivity contribution in [2.24, 2.45) is 0 Å². The van der Waals surface area contributed by atoms with Gasteiger partial charge in [0.25, 0.3) is 5.91 Å². The highest BCUT2D eigenvalue weighted by Gasteiger charge is 2.36. The van der Waals surface area contributed by atoms with Crippen LogP contribution >= 0.6 is 0 Å². The molecule has 0 radical (unpaired) electrons. The molecular formula is C16H15FN2O3. The normalized spacial score (nSPS) is 21.1. The molecule has 1 aromatic heterocycles. The Morgan fingerprint density at radius 1 is 1.32 bits per heavy atom. The molecule has 1 amide bonds. The van der Waals surface area contributed by atoms with Gasteiger partial charge in [0.2, 0.25) is 0 Å². The lowest BCUT2D eigenvalue weighted by Crippen LogP contribution is -2.31. The van der Waals surface area contributed by atoms with Crippen molar-refractivity contribution in [3.05, 3.63) is 59.7 Å². The van der Waals surface area contributed by atoms with Crippen molar-refractivity contribution in [1.29, 1.82) is 0 Å². The summed E-state index contributed by atoms with van der Waals surface area (Å²) in [6.07, 6.45) is 2.28. The molecule has 1 fully saturated rings. The highest BCUT2D eigenvalue weighted by atomic mass is 19.1. The Balaban J connectivity index is 1.92. The molecular weight excluding hydrogens is 287 g/mol. The zero-order valence-electron chi connectivity index (χ0n) is 11.7. The first-order valence-electron chi connectivity index (χ1n) is 6.93. The van der Waals surface area contributed by atoms with Crippen LogP contribution in [0.5, 0.6) is 5.75 Å². The molecule has 2 N–H and O–H groups in total. The second-order valence-electron chi connectivity index (χ2n) is 5.35. The van der Waals surface area contributed by atoms with Gasteiger partial charge >= 0.3 is 0 Å². The molecule has 0 saturated carbocycles. The van der Waals surface area contributed by atoms with E-state index in [9.17, 15) is 19.4 Å². The Morgan fingerprint density at radius 3 is 2.86 bits per heavy atom. The van der Waals surface area contributed by atoms with Crippen molar-refractivity contribution >= 4 is 5.91 Å². The number of carbonyl (C=O) groups excluding carboxylic acids is 1. The standard InChI is InChI=1S/C16H15FN2O3/c17-12-3-1-2-10(4-12)15-6-14(21)9-19(15)16(22)11-5-13(20)8-18-7-11/h1-5,7-8,14-15,20-21H,6,9H2/t14-,15+/m1/s1. The molecule has 22 heavy (non-hydrogen) atoms. The minimum atomic E-state index is -0.664. The summed E-state index contributed by atoms with van der Waals surface area (Å²) in [5.41, 5.74) is 0.869. The largest absolute Gasteiger partial charge is 0.506 e. The van der Waals surface area contributed by atoms with Gasteiger partial charge in [-0.05, 0) is 30.2 Å². The third-order valence-corrected chi connectivity index (χ3v) is 3.74. The van der Waals surface area contributed by atoms with E-state index < -0.39 is 12.1 Å². The number of likely N-dealkylation sites (tertiary alicyclic amines) is 1.